The van der Waals surface area contributed by atoms with Crippen molar-refractivity contribution in [3.63, 3.8) is 0 Å². The maximum atomic E-state index is 5.34. The topological polar surface area (TPSA) is 40.9 Å². The minimum atomic E-state index is -0.0413. The summed E-state index contributed by atoms with van der Waals surface area (Å²) in [5.41, 5.74) is 13.1. The molecule has 1 N–H and O–H groups in total. The van der Waals surface area contributed by atoms with Crippen molar-refractivity contribution in [2.24, 2.45) is 0 Å². The minimum absolute atomic E-state index is 0.0413. The third-order valence-electron chi connectivity index (χ3n) is 11.0. The van der Waals surface area contributed by atoms with Crippen LogP contribution in [0.3, 0.4) is 0 Å². The van der Waals surface area contributed by atoms with Gasteiger partial charge in [-0.05, 0) is 66.3 Å². The molecule has 10 aromatic rings. The lowest BCUT2D eigenvalue weighted by molar-refractivity contribution is 0.566. The monoisotopic (exact) mass is 626 g/mol. The highest BCUT2D eigenvalue weighted by molar-refractivity contribution is 6.29. The predicted octanol–water partition coefficient (Wildman–Crippen LogP) is 11.7. The van der Waals surface area contributed by atoms with Gasteiger partial charge in [-0.15, -0.1) is 5.69 Å². The van der Waals surface area contributed by atoms with Gasteiger partial charge in [0.2, 0.25) is 0 Å². The van der Waals surface area contributed by atoms with Crippen LogP contribution in [0.15, 0.2) is 152 Å². The molecule has 12 rings (SSSR count). The molecule has 2 aliphatic rings. The zero-order chi connectivity index (χ0) is 31.8. The quantitative estimate of drug-likeness (QED) is 0.204. The van der Waals surface area contributed by atoms with Gasteiger partial charge < -0.3 is 24.3 Å². The summed E-state index contributed by atoms with van der Waals surface area (Å²) < 4.78 is 7.35. The van der Waals surface area contributed by atoms with Gasteiger partial charge in [-0.2, -0.15) is 0 Å². The Labute approximate surface area is 281 Å². The number of benzene rings is 7. The van der Waals surface area contributed by atoms with Crippen molar-refractivity contribution in [3.8, 4) is 11.4 Å². The Morgan fingerprint density at radius 1 is 0.469 bits per heavy atom. The van der Waals surface area contributed by atoms with E-state index in [-0.39, 0.29) is 12.2 Å². The number of nitrogens with one attached hydrogen (secondary N) is 1. The van der Waals surface area contributed by atoms with Crippen LogP contribution in [0.4, 0.5) is 11.4 Å². The number of nitrogens with zero attached hydrogens (tertiary/aromatic N) is 4. The van der Waals surface area contributed by atoms with Crippen LogP contribution in [-0.2, 0) is 0 Å². The lowest BCUT2D eigenvalue weighted by atomic mass is 9.99. The van der Waals surface area contributed by atoms with Crippen LogP contribution < -0.4 is 5.32 Å². The summed E-state index contributed by atoms with van der Waals surface area (Å²) >= 11 is 0. The molecule has 0 spiro atoms. The van der Waals surface area contributed by atoms with E-state index in [0.717, 1.165) is 22.7 Å². The van der Waals surface area contributed by atoms with Crippen LogP contribution in [0.5, 0.6) is 0 Å². The van der Waals surface area contributed by atoms with Crippen LogP contribution in [0.1, 0.15) is 17.8 Å². The second-order valence-corrected chi connectivity index (χ2v) is 13.4. The summed E-state index contributed by atoms with van der Waals surface area (Å²) in [6.45, 7) is 0. The first-order chi connectivity index (χ1) is 24.3. The molecular formula is C44H28N5-. The zero-order valence-electron chi connectivity index (χ0n) is 26.4. The molecule has 7 aromatic carbocycles. The van der Waals surface area contributed by atoms with E-state index in [0.29, 0.717) is 0 Å². The lowest BCUT2D eigenvalue weighted by Gasteiger charge is -2.44. The molecule has 5 heteroatoms. The highest BCUT2D eigenvalue weighted by Gasteiger charge is 2.34. The van der Waals surface area contributed by atoms with Crippen LogP contribution >= 0.6 is 0 Å². The second kappa shape index (κ2) is 9.12. The molecule has 3 aromatic heterocycles. The molecule has 0 bridgehead atoms. The van der Waals surface area contributed by atoms with Crippen molar-refractivity contribution >= 4 is 76.8 Å². The Morgan fingerprint density at radius 3 is 2.04 bits per heavy atom. The third kappa shape index (κ3) is 3.20. The number of rotatable bonds is 2. The molecular weight excluding hydrogens is 599 g/mol. The van der Waals surface area contributed by atoms with Gasteiger partial charge in [0.25, 0.3) is 0 Å². The van der Waals surface area contributed by atoms with E-state index in [9.17, 15) is 0 Å². The summed E-state index contributed by atoms with van der Waals surface area (Å²) in [5, 5.41) is 16.8. The van der Waals surface area contributed by atoms with E-state index >= 15 is 0 Å². The Bertz CT molecular complexity index is 3010. The molecule has 5 nitrogen and oxygen atoms in total. The van der Waals surface area contributed by atoms with E-state index in [1.807, 2.05) is 0 Å². The number of fused-ring (bicyclic) bond motifs is 14. The molecule has 49 heavy (non-hydrogen) atoms. The molecule has 0 amide bonds. The smallest absolute Gasteiger partial charge is 0.0580 e. The third-order valence-corrected chi connectivity index (χ3v) is 11.0. The van der Waals surface area contributed by atoms with Gasteiger partial charge in [0.05, 0.1) is 33.6 Å². The summed E-state index contributed by atoms with van der Waals surface area (Å²) in [4.78, 5) is 0. The van der Waals surface area contributed by atoms with E-state index in [1.54, 1.807) is 0 Å². The van der Waals surface area contributed by atoms with Gasteiger partial charge >= 0.3 is 0 Å². The van der Waals surface area contributed by atoms with Gasteiger partial charge in [-0.25, -0.2) is 0 Å². The normalized spacial score (nSPS) is 16.5. The van der Waals surface area contributed by atoms with Gasteiger partial charge in [0.15, 0.2) is 0 Å². The summed E-state index contributed by atoms with van der Waals surface area (Å²) in [5.74, 6) is 0. The van der Waals surface area contributed by atoms with Crippen LogP contribution in [0.2, 0.25) is 0 Å². The van der Waals surface area contributed by atoms with Gasteiger partial charge in [0, 0.05) is 54.9 Å². The number of aromatic nitrogens is 3. The van der Waals surface area contributed by atoms with Crippen LogP contribution in [-0.4, -0.2) is 13.7 Å². The maximum Gasteiger partial charge on any atom is 0.0580 e. The SMILES string of the molecule is c1ccc(-n2c3ccccc3c3ccc(-n4c5ccccc5c5c6c7cccc8c7n(c6ccc54)C4[N-]c5ccccc5NC84)cc32)cc1. The first-order valence-corrected chi connectivity index (χ1v) is 17.0. The highest BCUT2D eigenvalue weighted by Crippen LogP contribution is 2.56. The number of para-hydroxylation sites is 6. The molecule has 2 aliphatic heterocycles. The van der Waals surface area contributed by atoms with Crippen LogP contribution in [0.25, 0.3) is 82.1 Å². The zero-order valence-corrected chi connectivity index (χ0v) is 26.4. The van der Waals surface area contributed by atoms with Crippen molar-refractivity contribution in [2.45, 2.75) is 12.2 Å². The molecule has 0 fully saturated rings. The van der Waals surface area contributed by atoms with Crippen molar-refractivity contribution in [3.05, 3.63) is 163 Å². The van der Waals surface area contributed by atoms with E-state index < -0.39 is 0 Å². The lowest BCUT2D eigenvalue weighted by Crippen LogP contribution is -2.21. The number of hydrogen-bond acceptors (Lipinski definition) is 1. The Kier molecular flexibility index (Phi) is 4.76. The molecule has 0 saturated heterocycles. The second-order valence-electron chi connectivity index (χ2n) is 13.4. The molecule has 0 saturated carbocycles. The van der Waals surface area contributed by atoms with Gasteiger partial charge in [-0.1, -0.05) is 97.1 Å². The highest BCUT2D eigenvalue weighted by atomic mass is 15.3. The summed E-state index contributed by atoms with van der Waals surface area (Å²) in [6.07, 6.45) is -0.0413. The summed E-state index contributed by atoms with van der Waals surface area (Å²) in [6, 6.07) is 55.3. The fraction of sp³-hybridized carbons (Fsp3) is 0.0455. The first-order valence-electron chi connectivity index (χ1n) is 17.0. The van der Waals surface area contributed by atoms with Crippen molar-refractivity contribution in [2.75, 3.05) is 5.32 Å². The fourth-order valence-electron chi connectivity index (χ4n) is 9.04. The number of anilines is 1. The van der Waals surface area contributed by atoms with E-state index in [2.05, 4.69) is 171 Å². The Balaban J connectivity index is 1.16. The molecule has 0 radical (unpaired) electrons. The van der Waals surface area contributed by atoms with E-state index in [1.165, 1.54) is 71.0 Å². The molecule has 230 valence electrons. The maximum absolute atomic E-state index is 5.34. The summed E-state index contributed by atoms with van der Waals surface area (Å²) in [7, 11) is 0. The Hall–Kier alpha value is -6.46. The van der Waals surface area contributed by atoms with Gasteiger partial charge in [-0.3, -0.25) is 0 Å². The minimum Gasteiger partial charge on any atom is -0.661 e. The molecule has 2 unspecified atom stereocenters. The standard InChI is InChI=1S/C44H28N5/c1-2-11-26(12-3-1)47-35-19-8-4-13-28(35)29-22-21-27(25-39(29)47)48-36-20-9-5-14-30(36)40-37(48)23-24-38-41(40)31-15-10-16-32-42-44(49(38)43(31)32)46-34-18-7-6-17-33(34)45-42/h1-25,42,44-45H/q-1. The predicted molar refractivity (Wildman–Crippen MR) is 203 cm³/mol. The van der Waals surface area contributed by atoms with Crippen molar-refractivity contribution < 1.29 is 0 Å². The average Bonchev–Trinajstić information content (AvgIpc) is 3.88. The molecule has 0 aliphatic carbocycles. The van der Waals surface area contributed by atoms with Crippen LogP contribution in [0, 0.1) is 0 Å². The van der Waals surface area contributed by atoms with Gasteiger partial charge in [0.1, 0.15) is 0 Å². The largest absolute Gasteiger partial charge is 0.661 e. The fourth-order valence-corrected chi connectivity index (χ4v) is 9.04. The molecule has 2 atom stereocenters. The first kappa shape index (κ1) is 25.6. The average molecular weight is 627 g/mol. The van der Waals surface area contributed by atoms with Crippen molar-refractivity contribution in [1.29, 1.82) is 0 Å². The molecule has 5 heterocycles. The van der Waals surface area contributed by atoms with Crippen molar-refractivity contribution in [1.82, 2.24) is 13.7 Å². The Morgan fingerprint density at radius 2 is 1.14 bits per heavy atom. The van der Waals surface area contributed by atoms with E-state index in [4.69, 9.17) is 5.32 Å². The number of hydrogen-bond donors (Lipinski definition) is 1.